The molecular formula is C24H36BNO6. The molecule has 1 saturated carbocycles. The maximum atomic E-state index is 10.9. The maximum absolute atomic E-state index is 10.9. The highest BCUT2D eigenvalue weighted by molar-refractivity contribution is 6.58. The summed E-state index contributed by atoms with van der Waals surface area (Å²) in [6, 6.07) is 7.14. The molecule has 1 heterocycles. The monoisotopic (exact) mass is 445 g/mol. The third-order valence-corrected chi connectivity index (χ3v) is 6.70. The zero-order valence-electron chi connectivity index (χ0n) is 18.7. The fourth-order valence-corrected chi connectivity index (χ4v) is 5.06. The number of ether oxygens (including phenoxy) is 1. The minimum Gasteiger partial charge on any atom is -0.481 e. The molecular weight excluding hydrogens is 409 g/mol. The van der Waals surface area contributed by atoms with Gasteiger partial charge in [-0.25, -0.2) is 0 Å². The highest BCUT2D eigenvalue weighted by Gasteiger charge is 2.45. The number of aliphatic carboxylic acids is 1. The summed E-state index contributed by atoms with van der Waals surface area (Å²) in [7, 11) is -1.48. The van der Waals surface area contributed by atoms with Gasteiger partial charge in [0.25, 0.3) is 0 Å². The summed E-state index contributed by atoms with van der Waals surface area (Å²) in [4.78, 5) is 13.1. The van der Waals surface area contributed by atoms with Crippen LogP contribution in [0.25, 0.3) is 0 Å². The molecule has 4 atom stereocenters. The Morgan fingerprint density at radius 3 is 2.44 bits per heavy atom. The van der Waals surface area contributed by atoms with Crippen molar-refractivity contribution in [2.24, 2.45) is 5.92 Å². The van der Waals surface area contributed by atoms with Crippen molar-refractivity contribution in [2.75, 3.05) is 13.1 Å². The van der Waals surface area contributed by atoms with Crippen LogP contribution in [0.2, 0.25) is 0 Å². The Kier molecular flexibility index (Phi) is 9.75. The summed E-state index contributed by atoms with van der Waals surface area (Å²) in [6.07, 6.45) is 10.1. The quantitative estimate of drug-likeness (QED) is 0.303. The molecule has 0 bridgehead atoms. The number of nitrogens with zero attached hydrogens (tertiary/aromatic N) is 1. The first kappa shape index (κ1) is 24.9. The predicted molar refractivity (Wildman–Crippen MR) is 123 cm³/mol. The van der Waals surface area contributed by atoms with Gasteiger partial charge in [0.05, 0.1) is 18.8 Å². The number of hydrogen-bond acceptors (Lipinski definition) is 6. The van der Waals surface area contributed by atoms with Crippen LogP contribution in [-0.2, 0) is 16.1 Å². The SMILES string of the molecule is O=C(O)CC/C=C\CC[C@@H]1[C@@H](N2CCCCC2)[C@@H](O)C[C@@H]1OCc1ccc(B(O)O)cc1. The van der Waals surface area contributed by atoms with Crippen LogP contribution < -0.4 is 5.46 Å². The Morgan fingerprint density at radius 2 is 1.78 bits per heavy atom. The average Bonchev–Trinajstić information content (AvgIpc) is 3.10. The first-order chi connectivity index (χ1) is 15.5. The second-order valence-electron chi connectivity index (χ2n) is 9.00. The van der Waals surface area contributed by atoms with Gasteiger partial charge in [0.1, 0.15) is 0 Å². The average molecular weight is 445 g/mol. The van der Waals surface area contributed by atoms with E-state index in [0.29, 0.717) is 24.9 Å². The minimum atomic E-state index is -1.48. The van der Waals surface area contributed by atoms with Crippen LogP contribution >= 0.6 is 0 Å². The van der Waals surface area contributed by atoms with E-state index in [1.54, 1.807) is 12.1 Å². The van der Waals surface area contributed by atoms with E-state index >= 15 is 0 Å². The summed E-state index contributed by atoms with van der Waals surface area (Å²) in [5, 5.41) is 38.2. The largest absolute Gasteiger partial charge is 0.488 e. The molecule has 0 spiro atoms. The molecule has 4 N–H and O–H groups in total. The van der Waals surface area contributed by atoms with Gasteiger partial charge in [-0.2, -0.15) is 0 Å². The molecule has 3 rings (SSSR count). The molecule has 176 valence electrons. The van der Waals surface area contributed by atoms with Gasteiger partial charge < -0.3 is 25.0 Å². The van der Waals surface area contributed by atoms with Gasteiger partial charge in [0.15, 0.2) is 0 Å². The molecule has 0 amide bonds. The van der Waals surface area contributed by atoms with Crippen molar-refractivity contribution in [3.63, 3.8) is 0 Å². The van der Waals surface area contributed by atoms with E-state index < -0.39 is 19.2 Å². The lowest BCUT2D eigenvalue weighted by Gasteiger charge is -2.38. The number of benzene rings is 1. The number of carboxylic acids is 1. The molecule has 8 heteroatoms. The molecule has 1 saturated heterocycles. The Balaban J connectivity index is 1.61. The van der Waals surface area contributed by atoms with Gasteiger partial charge in [-0.05, 0) is 56.2 Å². The zero-order valence-corrected chi connectivity index (χ0v) is 18.7. The van der Waals surface area contributed by atoms with E-state index in [0.717, 1.165) is 31.5 Å². The molecule has 1 aliphatic heterocycles. The van der Waals surface area contributed by atoms with Crippen LogP contribution in [0, 0.1) is 5.92 Å². The predicted octanol–water partition coefficient (Wildman–Crippen LogP) is 1.69. The molecule has 32 heavy (non-hydrogen) atoms. The van der Waals surface area contributed by atoms with E-state index in [2.05, 4.69) is 11.0 Å². The van der Waals surface area contributed by atoms with Crippen LogP contribution in [0.1, 0.15) is 56.9 Å². The second kappa shape index (κ2) is 12.5. The van der Waals surface area contributed by atoms with E-state index in [1.807, 2.05) is 18.2 Å². The molecule has 2 fully saturated rings. The van der Waals surface area contributed by atoms with Gasteiger partial charge in [0, 0.05) is 24.8 Å². The molecule has 1 aromatic carbocycles. The van der Waals surface area contributed by atoms with Crippen LogP contribution in [0.3, 0.4) is 0 Å². The highest BCUT2D eigenvalue weighted by atomic mass is 16.5. The van der Waals surface area contributed by atoms with E-state index in [4.69, 9.17) is 9.84 Å². The summed E-state index contributed by atoms with van der Waals surface area (Å²) >= 11 is 0. The Morgan fingerprint density at radius 1 is 1.09 bits per heavy atom. The van der Waals surface area contributed by atoms with E-state index in [9.17, 15) is 19.9 Å². The van der Waals surface area contributed by atoms with Crippen molar-refractivity contribution in [1.82, 2.24) is 4.90 Å². The minimum absolute atomic E-state index is 0.0487. The normalized spacial score (nSPS) is 26.6. The topological polar surface area (TPSA) is 110 Å². The summed E-state index contributed by atoms with van der Waals surface area (Å²) < 4.78 is 6.29. The fourth-order valence-electron chi connectivity index (χ4n) is 5.06. The zero-order chi connectivity index (χ0) is 22.9. The number of hydrogen-bond donors (Lipinski definition) is 4. The van der Waals surface area contributed by atoms with Gasteiger partial charge in [-0.15, -0.1) is 0 Å². The molecule has 1 aromatic rings. The Bertz CT molecular complexity index is 735. The van der Waals surface area contributed by atoms with Crippen LogP contribution in [-0.4, -0.2) is 69.6 Å². The second-order valence-corrected chi connectivity index (χ2v) is 9.00. The number of piperidine rings is 1. The number of rotatable bonds is 11. The van der Waals surface area contributed by atoms with Crippen molar-refractivity contribution in [1.29, 1.82) is 0 Å². The summed E-state index contributed by atoms with van der Waals surface area (Å²) in [5.74, 6) is -0.570. The van der Waals surface area contributed by atoms with Gasteiger partial charge in [0.2, 0.25) is 0 Å². The van der Waals surface area contributed by atoms with Crippen LogP contribution in [0.5, 0.6) is 0 Å². The van der Waals surface area contributed by atoms with Crippen molar-refractivity contribution < 1.29 is 29.8 Å². The molecule has 1 aliphatic carbocycles. The molecule has 0 aromatic heterocycles. The number of allylic oxidation sites excluding steroid dienone is 2. The van der Waals surface area contributed by atoms with Crippen LogP contribution in [0.15, 0.2) is 36.4 Å². The van der Waals surface area contributed by atoms with Crippen molar-refractivity contribution in [2.45, 2.75) is 76.2 Å². The van der Waals surface area contributed by atoms with Crippen molar-refractivity contribution in [3.05, 3.63) is 42.0 Å². The Hall–Kier alpha value is -1.71. The number of carbonyl (C=O) groups is 1. The number of aliphatic hydroxyl groups excluding tert-OH is 1. The molecule has 2 aliphatic rings. The number of likely N-dealkylation sites (tertiary alicyclic amines) is 1. The third kappa shape index (κ3) is 7.15. The smallest absolute Gasteiger partial charge is 0.481 e. The van der Waals surface area contributed by atoms with Gasteiger partial charge in [-0.3, -0.25) is 9.69 Å². The maximum Gasteiger partial charge on any atom is 0.488 e. The van der Waals surface area contributed by atoms with E-state index in [1.165, 1.54) is 19.3 Å². The summed E-state index contributed by atoms with van der Waals surface area (Å²) in [5.41, 5.74) is 1.40. The van der Waals surface area contributed by atoms with E-state index in [-0.39, 0.29) is 24.5 Å². The molecule has 0 radical (unpaired) electrons. The summed E-state index contributed by atoms with van der Waals surface area (Å²) in [6.45, 7) is 2.45. The standard InChI is InChI=1S/C24H36BNO6/c27-21-16-22(32-17-18-10-12-19(13-11-18)25(30)31)20(8-4-1-2-5-9-23(28)29)24(21)26-14-6-3-7-15-26/h1-2,10-13,20-22,24,27,30-31H,3-9,14-17H2,(H,28,29)/b2-1-/t20-,21-,22-,24+/m0/s1. The highest BCUT2D eigenvalue weighted by Crippen LogP contribution is 2.37. The first-order valence-corrected chi connectivity index (χ1v) is 11.8. The lowest BCUT2D eigenvalue weighted by molar-refractivity contribution is -0.136. The number of carboxylic acid groups (broad SMARTS) is 1. The molecule has 0 unspecified atom stereocenters. The fraction of sp³-hybridized carbons (Fsp3) is 0.625. The van der Waals surface area contributed by atoms with Gasteiger partial charge in [-0.1, -0.05) is 42.8 Å². The lowest BCUT2D eigenvalue weighted by atomic mass is 9.80. The van der Waals surface area contributed by atoms with Gasteiger partial charge >= 0.3 is 13.1 Å². The van der Waals surface area contributed by atoms with Crippen LogP contribution in [0.4, 0.5) is 0 Å². The number of aliphatic hydroxyl groups is 1. The van der Waals surface area contributed by atoms with Crippen molar-refractivity contribution in [3.8, 4) is 0 Å². The van der Waals surface area contributed by atoms with Crippen molar-refractivity contribution >= 4 is 18.6 Å². The Labute approximate surface area is 190 Å². The first-order valence-electron chi connectivity index (χ1n) is 11.8. The molecule has 7 nitrogen and oxygen atoms in total. The third-order valence-electron chi connectivity index (χ3n) is 6.70. The lowest BCUT2D eigenvalue weighted by Crippen LogP contribution is -2.47.